The van der Waals surface area contributed by atoms with Gasteiger partial charge >= 0.3 is 0 Å². The van der Waals surface area contributed by atoms with Gasteiger partial charge in [0.2, 0.25) is 11.7 Å². The van der Waals surface area contributed by atoms with Gasteiger partial charge in [0.1, 0.15) is 17.5 Å². The predicted octanol–water partition coefficient (Wildman–Crippen LogP) is 3.80. The van der Waals surface area contributed by atoms with E-state index in [0.29, 0.717) is 53.9 Å². The van der Waals surface area contributed by atoms with E-state index in [-0.39, 0.29) is 11.8 Å². The molecule has 1 aliphatic heterocycles. The van der Waals surface area contributed by atoms with E-state index in [2.05, 4.69) is 20.4 Å². The molecular weight excluding hydrogens is 401 g/mol. The van der Waals surface area contributed by atoms with Crippen LogP contribution in [0.1, 0.15) is 45.4 Å². The topological polar surface area (TPSA) is 94.6 Å². The molecule has 1 fully saturated rings. The number of carbonyl (C=O) groups excluding carboxylic acids is 1. The number of pyridine rings is 1. The molecule has 1 aliphatic carbocycles. The largest absolute Gasteiger partial charge is 0.372 e. The Hall–Kier alpha value is -3.59. The van der Waals surface area contributed by atoms with E-state index >= 15 is 0 Å². The predicted molar refractivity (Wildman–Crippen MR) is 108 cm³/mol. The van der Waals surface area contributed by atoms with Crippen LogP contribution in [-0.4, -0.2) is 31.6 Å². The highest BCUT2D eigenvalue weighted by Crippen LogP contribution is 2.43. The first kappa shape index (κ1) is 18.2. The van der Waals surface area contributed by atoms with Crippen molar-refractivity contribution >= 4 is 17.2 Å². The zero-order chi connectivity index (χ0) is 21.1. The second-order valence-corrected chi connectivity index (χ2v) is 7.99. The van der Waals surface area contributed by atoms with Gasteiger partial charge in [0, 0.05) is 23.0 Å². The first-order valence-electron chi connectivity index (χ1n) is 10.0. The minimum Gasteiger partial charge on any atom is -0.372 e. The number of rotatable bonds is 4. The second-order valence-electron chi connectivity index (χ2n) is 7.99. The summed E-state index contributed by atoms with van der Waals surface area (Å²) in [6.45, 7) is 3.00. The number of anilines is 1. The van der Waals surface area contributed by atoms with Crippen molar-refractivity contribution in [2.75, 3.05) is 5.32 Å². The second kappa shape index (κ2) is 6.71. The first-order valence-corrected chi connectivity index (χ1v) is 10.0. The summed E-state index contributed by atoms with van der Waals surface area (Å²) in [4.78, 5) is 21.7. The number of amides is 1. The van der Waals surface area contributed by atoms with Crippen LogP contribution in [0.5, 0.6) is 0 Å². The lowest BCUT2D eigenvalue weighted by atomic mass is 10.1. The Morgan fingerprint density at radius 3 is 2.94 bits per heavy atom. The van der Waals surface area contributed by atoms with Crippen LogP contribution < -0.4 is 5.32 Å². The molecule has 2 atom stereocenters. The molecule has 3 aromatic heterocycles. The van der Waals surface area contributed by atoms with Gasteiger partial charge < -0.3 is 14.6 Å². The van der Waals surface area contributed by atoms with Crippen LogP contribution >= 0.6 is 0 Å². The van der Waals surface area contributed by atoms with Crippen molar-refractivity contribution in [3.05, 3.63) is 64.9 Å². The van der Waals surface area contributed by atoms with Crippen LogP contribution in [0, 0.1) is 6.92 Å². The number of halogens is 1. The highest BCUT2D eigenvalue weighted by molar-refractivity contribution is 6.04. The van der Waals surface area contributed by atoms with Crippen molar-refractivity contribution in [2.24, 2.45) is 0 Å². The van der Waals surface area contributed by atoms with Crippen LogP contribution in [0.2, 0.25) is 0 Å². The van der Waals surface area contributed by atoms with Gasteiger partial charge in [-0.25, -0.2) is 9.37 Å². The third-order valence-electron chi connectivity index (χ3n) is 5.79. The fourth-order valence-corrected chi connectivity index (χ4v) is 3.81. The molecule has 1 N–H and O–H groups in total. The number of nitrogens with zero attached hydrogens (tertiary/aromatic N) is 4. The Bertz CT molecular complexity index is 1340. The number of alkyl halides is 1. The SMILES string of the molecule is Cc1ccc(-c2noc([C@H]3C[C@@H]3F)n2)cc1NC(=O)c1cnc2cc3c(cn12)COC3. The Labute approximate surface area is 176 Å². The van der Waals surface area contributed by atoms with Crippen molar-refractivity contribution < 1.29 is 18.4 Å². The maximum atomic E-state index is 13.3. The lowest BCUT2D eigenvalue weighted by molar-refractivity contribution is 0.102. The van der Waals surface area contributed by atoms with Crippen molar-refractivity contribution in [1.82, 2.24) is 19.5 Å². The zero-order valence-corrected chi connectivity index (χ0v) is 16.6. The summed E-state index contributed by atoms with van der Waals surface area (Å²) in [7, 11) is 0. The van der Waals surface area contributed by atoms with Gasteiger partial charge in [0.25, 0.3) is 5.91 Å². The van der Waals surface area contributed by atoms with Crippen LogP contribution in [0.3, 0.4) is 0 Å². The number of benzene rings is 1. The highest BCUT2D eigenvalue weighted by Gasteiger charge is 2.43. The van der Waals surface area contributed by atoms with E-state index in [4.69, 9.17) is 9.26 Å². The Balaban J connectivity index is 1.29. The van der Waals surface area contributed by atoms with Crippen molar-refractivity contribution in [3.8, 4) is 11.4 Å². The minimum atomic E-state index is -0.903. The molecule has 1 amide bonds. The number of imidazole rings is 1. The molecule has 6 rings (SSSR count). The van der Waals surface area contributed by atoms with Crippen molar-refractivity contribution in [1.29, 1.82) is 0 Å². The van der Waals surface area contributed by atoms with Crippen LogP contribution in [-0.2, 0) is 18.0 Å². The van der Waals surface area contributed by atoms with Gasteiger partial charge in [-0.15, -0.1) is 0 Å². The monoisotopic (exact) mass is 419 g/mol. The third-order valence-corrected chi connectivity index (χ3v) is 5.79. The average molecular weight is 419 g/mol. The van der Waals surface area contributed by atoms with Gasteiger partial charge in [-0.2, -0.15) is 4.98 Å². The zero-order valence-electron chi connectivity index (χ0n) is 16.6. The maximum absolute atomic E-state index is 13.3. The molecule has 4 heterocycles. The molecule has 8 nitrogen and oxygen atoms in total. The number of carbonyl (C=O) groups is 1. The summed E-state index contributed by atoms with van der Waals surface area (Å²) in [6.07, 6.45) is 2.99. The van der Waals surface area contributed by atoms with E-state index in [1.54, 1.807) is 16.7 Å². The van der Waals surface area contributed by atoms with Crippen molar-refractivity contribution in [2.45, 2.75) is 38.6 Å². The number of aryl methyl sites for hydroxylation is 1. The van der Waals surface area contributed by atoms with Crippen LogP contribution in [0.15, 0.2) is 41.2 Å². The minimum absolute atomic E-state index is 0.279. The Morgan fingerprint density at radius 1 is 1.26 bits per heavy atom. The number of fused-ring (bicyclic) bond motifs is 2. The van der Waals surface area contributed by atoms with Crippen LogP contribution in [0.4, 0.5) is 10.1 Å². The molecule has 4 aromatic rings. The molecular formula is C22H18FN5O3. The Kier molecular flexibility index (Phi) is 3.94. The summed E-state index contributed by atoms with van der Waals surface area (Å²) in [5, 5.41) is 6.92. The molecule has 0 spiro atoms. The third kappa shape index (κ3) is 3.09. The van der Waals surface area contributed by atoms with Gasteiger partial charge in [0.05, 0.1) is 25.3 Å². The summed E-state index contributed by atoms with van der Waals surface area (Å²) in [6, 6.07) is 7.45. The fourth-order valence-electron chi connectivity index (χ4n) is 3.81. The molecule has 0 saturated heterocycles. The van der Waals surface area contributed by atoms with E-state index in [9.17, 15) is 9.18 Å². The van der Waals surface area contributed by atoms with E-state index < -0.39 is 6.17 Å². The maximum Gasteiger partial charge on any atom is 0.274 e. The average Bonchev–Trinajstić information content (AvgIpc) is 3.18. The van der Waals surface area contributed by atoms with Crippen molar-refractivity contribution in [3.63, 3.8) is 0 Å². The molecule has 1 aromatic carbocycles. The van der Waals surface area contributed by atoms with Gasteiger partial charge in [0.15, 0.2) is 0 Å². The summed E-state index contributed by atoms with van der Waals surface area (Å²) < 4.78 is 25.7. The van der Waals surface area contributed by atoms with Gasteiger partial charge in [-0.05, 0) is 36.6 Å². The fraction of sp³-hybridized carbons (Fsp3) is 0.273. The first-order chi connectivity index (χ1) is 15.1. The lowest BCUT2D eigenvalue weighted by Crippen LogP contribution is -2.15. The number of nitrogens with one attached hydrogen (secondary N) is 1. The number of hydrogen-bond acceptors (Lipinski definition) is 6. The van der Waals surface area contributed by atoms with Gasteiger partial charge in [-0.3, -0.25) is 9.20 Å². The number of aromatic nitrogens is 4. The molecule has 0 unspecified atom stereocenters. The van der Waals surface area contributed by atoms with E-state index in [0.717, 1.165) is 16.7 Å². The smallest absolute Gasteiger partial charge is 0.274 e. The molecule has 0 bridgehead atoms. The summed E-state index contributed by atoms with van der Waals surface area (Å²) in [5.74, 6) is 0.109. The van der Waals surface area contributed by atoms with Crippen LogP contribution in [0.25, 0.3) is 17.0 Å². The van der Waals surface area contributed by atoms with E-state index in [1.165, 1.54) is 0 Å². The Morgan fingerprint density at radius 2 is 2.10 bits per heavy atom. The number of hydrogen-bond donors (Lipinski definition) is 1. The molecule has 31 heavy (non-hydrogen) atoms. The highest BCUT2D eigenvalue weighted by atomic mass is 19.1. The van der Waals surface area contributed by atoms with E-state index in [1.807, 2.05) is 31.3 Å². The normalized spacial score (nSPS) is 19.5. The molecule has 156 valence electrons. The molecule has 9 heteroatoms. The summed E-state index contributed by atoms with van der Waals surface area (Å²) >= 11 is 0. The van der Waals surface area contributed by atoms with Gasteiger partial charge in [-0.1, -0.05) is 17.3 Å². The molecule has 2 aliphatic rings. The molecule has 0 radical (unpaired) electrons. The molecule has 1 saturated carbocycles. The number of ether oxygens (including phenoxy) is 1. The summed E-state index contributed by atoms with van der Waals surface area (Å²) in [5.41, 5.74) is 5.47. The standard InChI is InChI=1S/C22H18FN5O3/c1-11-2-3-12(20-26-22(31-27-20)15-6-16(15)23)4-17(11)25-21(29)18-7-24-19-5-13-9-30-10-14(13)8-28(18)19/h2-5,7-8,15-16H,6,9-10H2,1H3,(H,25,29)/t15-,16-/m0/s1. The quantitative estimate of drug-likeness (QED) is 0.541. The lowest BCUT2D eigenvalue weighted by Gasteiger charge is -2.10.